The van der Waals surface area contributed by atoms with Gasteiger partial charge in [-0.25, -0.2) is 0 Å². The van der Waals surface area contributed by atoms with Crippen LogP contribution in [-0.2, 0) is 4.79 Å². The first-order chi connectivity index (χ1) is 13.3. The molecule has 28 heavy (non-hydrogen) atoms. The number of hydrogen-bond acceptors (Lipinski definition) is 5. The van der Waals surface area contributed by atoms with Gasteiger partial charge in [0.05, 0.1) is 5.75 Å². The zero-order chi connectivity index (χ0) is 20.4. The lowest BCUT2D eigenvalue weighted by Crippen LogP contribution is -2.16. The number of benzene rings is 1. The normalized spacial score (nSPS) is 11.2. The van der Waals surface area contributed by atoms with Crippen LogP contribution in [0.1, 0.15) is 41.5 Å². The van der Waals surface area contributed by atoms with E-state index in [-0.39, 0.29) is 11.9 Å². The molecule has 3 rings (SSSR count). The van der Waals surface area contributed by atoms with Crippen molar-refractivity contribution < 1.29 is 4.79 Å². The minimum absolute atomic E-state index is 0.0406. The summed E-state index contributed by atoms with van der Waals surface area (Å²) < 4.78 is 2.12. The molecule has 0 saturated heterocycles. The van der Waals surface area contributed by atoms with Crippen molar-refractivity contribution in [1.82, 2.24) is 14.8 Å². The highest BCUT2D eigenvalue weighted by atomic mass is 32.2. The van der Waals surface area contributed by atoms with Gasteiger partial charge in [-0.3, -0.25) is 9.36 Å². The van der Waals surface area contributed by atoms with E-state index in [2.05, 4.69) is 53.2 Å². The smallest absolute Gasteiger partial charge is 0.234 e. The van der Waals surface area contributed by atoms with Crippen LogP contribution >= 0.6 is 23.1 Å². The number of hydrogen-bond donors (Lipinski definition) is 1. The monoisotopic (exact) mass is 414 g/mol. The molecule has 1 N–H and O–H groups in total. The Balaban J connectivity index is 1.76. The molecule has 3 aromatic rings. The molecular formula is C21H26N4OS2. The van der Waals surface area contributed by atoms with Crippen molar-refractivity contribution in [3.8, 4) is 11.4 Å². The average molecular weight is 415 g/mol. The fourth-order valence-corrected chi connectivity index (χ4v) is 4.68. The molecule has 0 aliphatic carbocycles. The Kier molecular flexibility index (Phi) is 6.25. The van der Waals surface area contributed by atoms with E-state index >= 15 is 0 Å². The van der Waals surface area contributed by atoms with Crippen LogP contribution in [0.15, 0.2) is 28.7 Å². The van der Waals surface area contributed by atoms with E-state index in [9.17, 15) is 4.79 Å². The second kappa shape index (κ2) is 8.49. The number of carbonyl (C=O) groups excluding carboxylic acids is 1. The molecule has 0 spiro atoms. The molecule has 0 unspecified atom stereocenters. The maximum absolute atomic E-state index is 12.5. The lowest BCUT2D eigenvalue weighted by molar-refractivity contribution is -0.113. The maximum atomic E-state index is 12.5. The van der Waals surface area contributed by atoms with Gasteiger partial charge in [-0.15, -0.1) is 21.5 Å². The summed E-state index contributed by atoms with van der Waals surface area (Å²) in [6.45, 7) is 12.5. The van der Waals surface area contributed by atoms with Gasteiger partial charge in [-0.05, 0) is 64.3 Å². The first kappa shape index (κ1) is 20.6. The van der Waals surface area contributed by atoms with E-state index in [0.717, 1.165) is 33.4 Å². The van der Waals surface area contributed by atoms with Gasteiger partial charge >= 0.3 is 0 Å². The molecule has 0 aliphatic rings. The van der Waals surface area contributed by atoms with E-state index < -0.39 is 0 Å². The molecule has 0 saturated carbocycles. The van der Waals surface area contributed by atoms with Crippen LogP contribution < -0.4 is 5.32 Å². The maximum Gasteiger partial charge on any atom is 0.234 e. The van der Waals surface area contributed by atoms with Crippen molar-refractivity contribution >= 4 is 34.7 Å². The summed E-state index contributed by atoms with van der Waals surface area (Å²) in [6.07, 6.45) is 0. The zero-order valence-corrected chi connectivity index (χ0v) is 18.8. The lowest BCUT2D eigenvalue weighted by Gasteiger charge is -2.14. The predicted octanol–water partition coefficient (Wildman–Crippen LogP) is 5.55. The van der Waals surface area contributed by atoms with Crippen molar-refractivity contribution in [1.29, 1.82) is 0 Å². The molecule has 1 amide bonds. The molecule has 1 aromatic carbocycles. The third-order valence-corrected chi connectivity index (χ3v) is 6.66. The van der Waals surface area contributed by atoms with Crippen LogP contribution in [0.3, 0.4) is 0 Å². The number of anilines is 1. The molecule has 148 valence electrons. The quantitative estimate of drug-likeness (QED) is 0.537. The van der Waals surface area contributed by atoms with E-state index in [1.807, 2.05) is 32.0 Å². The van der Waals surface area contributed by atoms with Crippen LogP contribution in [0.4, 0.5) is 5.69 Å². The minimum atomic E-state index is -0.0406. The summed E-state index contributed by atoms with van der Waals surface area (Å²) in [4.78, 5) is 13.8. The Morgan fingerprint density at radius 2 is 1.96 bits per heavy atom. The highest BCUT2D eigenvalue weighted by molar-refractivity contribution is 7.99. The van der Waals surface area contributed by atoms with Gasteiger partial charge in [-0.1, -0.05) is 23.9 Å². The van der Waals surface area contributed by atoms with Crippen LogP contribution in [0.2, 0.25) is 0 Å². The highest BCUT2D eigenvalue weighted by Crippen LogP contribution is 2.33. The number of thioether (sulfide) groups is 1. The van der Waals surface area contributed by atoms with Gasteiger partial charge < -0.3 is 5.32 Å². The van der Waals surface area contributed by atoms with Crippen LogP contribution in [-0.4, -0.2) is 26.4 Å². The number of aromatic nitrogens is 3. The number of rotatable bonds is 6. The number of nitrogens with zero attached hydrogens (tertiary/aromatic N) is 3. The minimum Gasteiger partial charge on any atom is -0.325 e. The summed E-state index contributed by atoms with van der Waals surface area (Å²) >= 11 is 3.15. The van der Waals surface area contributed by atoms with Gasteiger partial charge in [-0.2, -0.15) is 0 Å². The van der Waals surface area contributed by atoms with Crippen molar-refractivity contribution in [3.05, 3.63) is 45.1 Å². The number of carbonyl (C=O) groups is 1. The number of thiophene rings is 1. The molecule has 0 radical (unpaired) electrons. The van der Waals surface area contributed by atoms with Gasteiger partial charge in [0.2, 0.25) is 5.91 Å². The number of nitrogens with one attached hydrogen (secondary N) is 1. The molecule has 5 nitrogen and oxygen atoms in total. The second-order valence-electron chi connectivity index (χ2n) is 7.26. The van der Waals surface area contributed by atoms with Gasteiger partial charge in [0.25, 0.3) is 0 Å². The Bertz CT molecular complexity index is 1000. The fourth-order valence-electron chi connectivity index (χ4n) is 2.95. The Hall–Kier alpha value is -2.12. The summed E-state index contributed by atoms with van der Waals surface area (Å²) in [5.74, 6) is 1.12. The van der Waals surface area contributed by atoms with E-state index in [0.29, 0.717) is 5.75 Å². The van der Waals surface area contributed by atoms with E-state index in [1.54, 1.807) is 11.3 Å². The zero-order valence-electron chi connectivity index (χ0n) is 17.2. The van der Waals surface area contributed by atoms with Crippen molar-refractivity contribution in [3.63, 3.8) is 0 Å². The van der Waals surface area contributed by atoms with Gasteiger partial charge in [0, 0.05) is 27.5 Å². The van der Waals surface area contributed by atoms with Crippen LogP contribution in [0, 0.1) is 27.7 Å². The molecule has 2 heterocycles. The molecule has 7 heteroatoms. The van der Waals surface area contributed by atoms with Crippen LogP contribution in [0.5, 0.6) is 0 Å². The Morgan fingerprint density at radius 3 is 2.61 bits per heavy atom. The SMILES string of the molecule is Cc1ccc(C)c(NC(=O)CSc2nnc(-c3csc(C)c3C)n2C(C)C)c1. The highest BCUT2D eigenvalue weighted by Gasteiger charge is 2.20. The summed E-state index contributed by atoms with van der Waals surface area (Å²) in [6, 6.07) is 6.26. The van der Waals surface area contributed by atoms with Crippen molar-refractivity contribution in [2.24, 2.45) is 0 Å². The molecule has 2 aromatic heterocycles. The Labute approximate surface area is 174 Å². The Morgan fingerprint density at radius 1 is 1.21 bits per heavy atom. The topological polar surface area (TPSA) is 59.8 Å². The second-order valence-corrected chi connectivity index (χ2v) is 9.28. The first-order valence-corrected chi connectivity index (χ1v) is 11.1. The van der Waals surface area contributed by atoms with Crippen LogP contribution in [0.25, 0.3) is 11.4 Å². The third-order valence-electron chi connectivity index (χ3n) is 4.71. The van der Waals surface area contributed by atoms with Gasteiger partial charge in [0.1, 0.15) is 0 Å². The predicted molar refractivity (Wildman–Crippen MR) is 118 cm³/mol. The van der Waals surface area contributed by atoms with E-state index in [4.69, 9.17) is 0 Å². The number of amides is 1. The fraction of sp³-hybridized carbons (Fsp3) is 0.381. The van der Waals surface area contributed by atoms with Gasteiger partial charge in [0.15, 0.2) is 11.0 Å². The summed E-state index contributed by atoms with van der Waals surface area (Å²) in [5.41, 5.74) is 5.40. The molecular weight excluding hydrogens is 388 g/mol. The molecule has 0 fully saturated rings. The average Bonchev–Trinajstić information content (AvgIpc) is 3.20. The standard InChI is InChI=1S/C21H26N4OS2/c1-12(2)25-20(17-10-27-16(6)15(17)5)23-24-21(25)28-11-19(26)22-18-9-13(3)7-8-14(18)4/h7-10,12H,11H2,1-6H3,(H,22,26). The van der Waals surface area contributed by atoms with E-state index in [1.165, 1.54) is 22.2 Å². The van der Waals surface area contributed by atoms with Crippen molar-refractivity contribution in [2.75, 3.05) is 11.1 Å². The first-order valence-electron chi connectivity index (χ1n) is 9.27. The number of aryl methyl sites for hydroxylation is 3. The summed E-state index contributed by atoms with van der Waals surface area (Å²) in [5, 5.41) is 14.7. The molecule has 0 aliphatic heterocycles. The lowest BCUT2D eigenvalue weighted by atomic mass is 10.1. The summed E-state index contributed by atoms with van der Waals surface area (Å²) in [7, 11) is 0. The largest absolute Gasteiger partial charge is 0.325 e. The molecule has 0 bridgehead atoms. The molecule has 0 atom stereocenters. The third kappa shape index (κ3) is 4.31. The van der Waals surface area contributed by atoms with Crippen molar-refractivity contribution in [2.45, 2.75) is 52.7 Å².